The second-order valence-corrected chi connectivity index (χ2v) is 4.62. The molecule has 0 radical (unpaired) electrons. The van der Waals surface area contributed by atoms with Crippen LogP contribution >= 0.6 is 0 Å². The third-order valence-corrected chi connectivity index (χ3v) is 3.18. The number of para-hydroxylation sites is 1. The number of nitrogens with one attached hydrogen (secondary N) is 2. The topological polar surface area (TPSA) is 70.9 Å². The van der Waals surface area contributed by atoms with E-state index >= 15 is 0 Å². The average molecular weight is 245 g/mol. The summed E-state index contributed by atoms with van der Waals surface area (Å²) >= 11 is 0. The van der Waals surface area contributed by atoms with Crippen LogP contribution in [0.1, 0.15) is 12.5 Å². The van der Waals surface area contributed by atoms with Crippen molar-refractivity contribution >= 4 is 16.8 Å². The second-order valence-electron chi connectivity index (χ2n) is 4.62. The zero-order valence-corrected chi connectivity index (χ0v) is 10.6. The molecular formula is C14H19N3O. The van der Waals surface area contributed by atoms with Crippen LogP contribution in [0.5, 0.6) is 0 Å². The van der Waals surface area contributed by atoms with Gasteiger partial charge in [0.25, 0.3) is 0 Å². The highest BCUT2D eigenvalue weighted by molar-refractivity contribution is 5.83. The Morgan fingerprint density at radius 3 is 3.00 bits per heavy atom. The summed E-state index contributed by atoms with van der Waals surface area (Å²) < 4.78 is 0. The second kappa shape index (κ2) is 5.69. The fraction of sp³-hybridized carbons (Fsp3) is 0.357. The number of aromatic nitrogens is 1. The number of hydrogen-bond donors (Lipinski definition) is 3. The Kier molecular flexibility index (Phi) is 3.99. The predicted molar refractivity (Wildman–Crippen MR) is 73.2 cm³/mol. The number of nitrogens with two attached hydrogens (primary N) is 1. The first-order valence-electron chi connectivity index (χ1n) is 6.23. The molecule has 1 atom stereocenters. The Morgan fingerprint density at radius 2 is 2.22 bits per heavy atom. The van der Waals surface area contributed by atoms with Gasteiger partial charge in [-0.3, -0.25) is 4.79 Å². The van der Waals surface area contributed by atoms with Crippen molar-refractivity contribution in [1.29, 1.82) is 0 Å². The number of amides is 1. The number of benzene rings is 1. The smallest absolute Gasteiger partial charge is 0.221 e. The van der Waals surface area contributed by atoms with Crippen molar-refractivity contribution < 1.29 is 4.79 Å². The number of hydrogen-bond acceptors (Lipinski definition) is 2. The van der Waals surface area contributed by atoms with E-state index in [0.717, 1.165) is 18.5 Å². The van der Waals surface area contributed by atoms with Crippen molar-refractivity contribution in [2.75, 3.05) is 13.1 Å². The minimum atomic E-state index is -0.255. The van der Waals surface area contributed by atoms with Gasteiger partial charge in [0.1, 0.15) is 0 Å². The number of primary amides is 1. The predicted octanol–water partition coefficient (Wildman–Crippen LogP) is 1.42. The van der Waals surface area contributed by atoms with Gasteiger partial charge < -0.3 is 16.0 Å². The Bertz CT molecular complexity index is 533. The van der Waals surface area contributed by atoms with Crippen LogP contribution in [-0.4, -0.2) is 24.0 Å². The SMILES string of the molecule is CC(CNCCc1c[nH]c2ccccc12)C(N)=O. The van der Waals surface area contributed by atoms with Gasteiger partial charge in [-0.1, -0.05) is 25.1 Å². The highest BCUT2D eigenvalue weighted by atomic mass is 16.1. The highest BCUT2D eigenvalue weighted by Crippen LogP contribution is 2.17. The van der Waals surface area contributed by atoms with E-state index in [0.29, 0.717) is 6.54 Å². The number of fused-ring (bicyclic) bond motifs is 1. The summed E-state index contributed by atoms with van der Waals surface area (Å²) in [6.07, 6.45) is 2.99. The first-order chi connectivity index (χ1) is 8.68. The molecule has 96 valence electrons. The summed E-state index contributed by atoms with van der Waals surface area (Å²) in [5.74, 6) is -0.373. The van der Waals surface area contributed by atoms with Crippen LogP contribution in [0.4, 0.5) is 0 Å². The van der Waals surface area contributed by atoms with Crippen LogP contribution in [-0.2, 0) is 11.2 Å². The van der Waals surface area contributed by atoms with Crippen molar-refractivity contribution in [3.8, 4) is 0 Å². The minimum absolute atomic E-state index is 0.118. The van der Waals surface area contributed by atoms with Crippen LogP contribution in [0.15, 0.2) is 30.5 Å². The van der Waals surface area contributed by atoms with E-state index in [1.807, 2.05) is 25.3 Å². The van der Waals surface area contributed by atoms with Crippen molar-refractivity contribution in [2.24, 2.45) is 11.7 Å². The van der Waals surface area contributed by atoms with Crippen molar-refractivity contribution in [3.63, 3.8) is 0 Å². The fourth-order valence-corrected chi connectivity index (χ4v) is 1.98. The van der Waals surface area contributed by atoms with Crippen LogP contribution < -0.4 is 11.1 Å². The lowest BCUT2D eigenvalue weighted by Crippen LogP contribution is -2.31. The third kappa shape index (κ3) is 2.90. The Balaban J connectivity index is 1.85. The lowest BCUT2D eigenvalue weighted by molar-refractivity contribution is -0.121. The molecule has 1 heterocycles. The summed E-state index contributed by atoms with van der Waals surface area (Å²) in [5.41, 5.74) is 7.66. The van der Waals surface area contributed by atoms with Crippen molar-refractivity contribution in [3.05, 3.63) is 36.0 Å². The molecule has 18 heavy (non-hydrogen) atoms. The maximum Gasteiger partial charge on any atom is 0.221 e. The van der Waals surface area contributed by atoms with Gasteiger partial charge in [-0.05, 0) is 24.6 Å². The molecule has 0 saturated heterocycles. The van der Waals surface area contributed by atoms with Gasteiger partial charge in [-0.25, -0.2) is 0 Å². The normalized spacial score (nSPS) is 12.7. The number of carbonyl (C=O) groups is 1. The summed E-state index contributed by atoms with van der Waals surface area (Å²) in [6.45, 7) is 3.32. The van der Waals surface area contributed by atoms with Crippen molar-refractivity contribution in [2.45, 2.75) is 13.3 Å². The van der Waals surface area contributed by atoms with Crippen LogP contribution in [0.3, 0.4) is 0 Å². The van der Waals surface area contributed by atoms with Gasteiger partial charge in [-0.2, -0.15) is 0 Å². The third-order valence-electron chi connectivity index (χ3n) is 3.18. The molecule has 0 aliphatic heterocycles. The van der Waals surface area contributed by atoms with E-state index < -0.39 is 0 Å². The van der Waals surface area contributed by atoms with Gasteiger partial charge in [0.05, 0.1) is 0 Å². The molecule has 0 aliphatic carbocycles. The number of H-pyrrole nitrogens is 1. The first kappa shape index (κ1) is 12.6. The quantitative estimate of drug-likeness (QED) is 0.674. The summed E-state index contributed by atoms with van der Waals surface area (Å²) in [6, 6.07) is 8.26. The van der Waals surface area contributed by atoms with E-state index in [9.17, 15) is 4.79 Å². The van der Waals surface area contributed by atoms with E-state index in [-0.39, 0.29) is 11.8 Å². The molecule has 4 heteroatoms. The zero-order valence-electron chi connectivity index (χ0n) is 10.6. The zero-order chi connectivity index (χ0) is 13.0. The van der Waals surface area contributed by atoms with E-state index in [2.05, 4.69) is 22.4 Å². The molecule has 4 nitrogen and oxygen atoms in total. The molecule has 1 amide bonds. The standard InChI is InChI=1S/C14H19N3O/c1-10(14(15)18)8-16-7-6-11-9-17-13-5-3-2-4-12(11)13/h2-5,9-10,16-17H,6-8H2,1H3,(H2,15,18). The monoisotopic (exact) mass is 245 g/mol. The molecule has 0 bridgehead atoms. The van der Waals surface area contributed by atoms with Crippen LogP contribution in [0.25, 0.3) is 10.9 Å². The van der Waals surface area contributed by atoms with Crippen LogP contribution in [0, 0.1) is 5.92 Å². The van der Waals surface area contributed by atoms with Gasteiger partial charge in [0.2, 0.25) is 5.91 Å². The lowest BCUT2D eigenvalue weighted by atomic mass is 10.1. The van der Waals surface area contributed by atoms with Crippen molar-refractivity contribution in [1.82, 2.24) is 10.3 Å². The molecule has 0 fully saturated rings. The average Bonchev–Trinajstić information content (AvgIpc) is 2.77. The summed E-state index contributed by atoms with van der Waals surface area (Å²) in [4.78, 5) is 14.1. The number of aromatic amines is 1. The Labute approximate surface area is 107 Å². The largest absolute Gasteiger partial charge is 0.369 e. The minimum Gasteiger partial charge on any atom is -0.369 e. The molecule has 2 rings (SSSR count). The Morgan fingerprint density at radius 1 is 1.44 bits per heavy atom. The maximum atomic E-state index is 10.9. The summed E-state index contributed by atoms with van der Waals surface area (Å²) in [5, 5.41) is 4.52. The highest BCUT2D eigenvalue weighted by Gasteiger charge is 2.07. The number of carbonyl (C=O) groups excluding carboxylic acids is 1. The van der Waals surface area contributed by atoms with Gasteiger partial charge in [-0.15, -0.1) is 0 Å². The Hall–Kier alpha value is -1.81. The fourth-order valence-electron chi connectivity index (χ4n) is 1.98. The molecule has 0 saturated carbocycles. The molecule has 0 aliphatic rings. The lowest BCUT2D eigenvalue weighted by Gasteiger charge is -2.08. The van der Waals surface area contributed by atoms with E-state index in [1.54, 1.807) is 0 Å². The molecule has 2 aromatic rings. The maximum absolute atomic E-state index is 10.9. The van der Waals surface area contributed by atoms with Gasteiger partial charge >= 0.3 is 0 Å². The molecular weight excluding hydrogens is 226 g/mol. The first-order valence-corrected chi connectivity index (χ1v) is 6.23. The van der Waals surface area contributed by atoms with Gasteiger partial charge in [0.15, 0.2) is 0 Å². The molecule has 4 N–H and O–H groups in total. The molecule has 1 unspecified atom stereocenters. The molecule has 1 aromatic carbocycles. The number of rotatable bonds is 6. The summed E-state index contributed by atoms with van der Waals surface area (Å²) in [7, 11) is 0. The molecule has 1 aromatic heterocycles. The van der Waals surface area contributed by atoms with E-state index in [4.69, 9.17) is 5.73 Å². The van der Waals surface area contributed by atoms with Crippen LogP contribution in [0.2, 0.25) is 0 Å². The molecule has 0 spiro atoms. The van der Waals surface area contributed by atoms with E-state index in [1.165, 1.54) is 10.9 Å². The van der Waals surface area contributed by atoms with Gasteiger partial charge in [0, 0.05) is 29.6 Å².